The number of alkyl halides is 2. The Bertz CT molecular complexity index is 383. The van der Waals surface area contributed by atoms with Gasteiger partial charge in [0.2, 0.25) is 5.91 Å². The molecule has 1 aliphatic rings. The summed E-state index contributed by atoms with van der Waals surface area (Å²) in [5.41, 5.74) is 2.62. The number of nitrogens with zero attached hydrogens (tertiary/aromatic N) is 1. The highest BCUT2D eigenvalue weighted by Gasteiger charge is 2.42. The maximum absolute atomic E-state index is 12.8. The molecule has 17 heavy (non-hydrogen) atoms. The second-order valence-corrected chi connectivity index (χ2v) is 4.73. The Morgan fingerprint density at radius 3 is 3.12 bits per heavy atom. The Hall–Kier alpha value is -1.08. The topological polar surface area (TPSA) is 54.0 Å². The summed E-state index contributed by atoms with van der Waals surface area (Å²) in [6.07, 6.45) is 0.202. The molecule has 0 spiro atoms. The molecule has 94 valence electrons. The first-order valence-electron chi connectivity index (χ1n) is 5.33. The predicted octanol–water partition coefficient (Wildman–Crippen LogP) is 0.799. The normalized spacial score (nSPS) is 22.6. The van der Waals surface area contributed by atoms with Crippen molar-refractivity contribution in [3.05, 3.63) is 16.6 Å². The van der Waals surface area contributed by atoms with Gasteiger partial charge in [0, 0.05) is 24.8 Å². The molecule has 1 unspecified atom stereocenters. The monoisotopic (exact) mass is 261 g/mol. The van der Waals surface area contributed by atoms with Crippen LogP contribution in [0.5, 0.6) is 0 Å². The lowest BCUT2D eigenvalue weighted by Crippen LogP contribution is -2.41. The quantitative estimate of drug-likeness (QED) is 0.843. The molecule has 0 aliphatic carbocycles. The van der Waals surface area contributed by atoms with Crippen LogP contribution < -0.4 is 10.6 Å². The summed E-state index contributed by atoms with van der Waals surface area (Å²) in [6, 6.07) is -0.777. The molecule has 7 heteroatoms. The van der Waals surface area contributed by atoms with Crippen LogP contribution in [0.2, 0.25) is 0 Å². The van der Waals surface area contributed by atoms with Crippen LogP contribution in [0.25, 0.3) is 0 Å². The fraction of sp³-hybridized carbons (Fsp3) is 0.600. The van der Waals surface area contributed by atoms with Gasteiger partial charge >= 0.3 is 0 Å². The molecule has 0 bridgehead atoms. The van der Waals surface area contributed by atoms with Gasteiger partial charge in [-0.3, -0.25) is 10.1 Å². The zero-order chi connectivity index (χ0) is 12.3. The van der Waals surface area contributed by atoms with Crippen LogP contribution in [-0.2, 0) is 11.2 Å². The standard InChI is InChI=1S/C10H13F2N3OS/c11-10(12)3-8(14-5-10)9(16)13-2-1-7-4-17-6-15-7/h4,6,8,14H,1-3,5H2,(H,13,16). The van der Waals surface area contributed by atoms with E-state index in [2.05, 4.69) is 15.6 Å². The first kappa shape index (κ1) is 12.4. The molecule has 1 atom stereocenters. The van der Waals surface area contributed by atoms with E-state index in [4.69, 9.17) is 0 Å². The highest BCUT2D eigenvalue weighted by molar-refractivity contribution is 7.07. The summed E-state index contributed by atoms with van der Waals surface area (Å²) in [7, 11) is 0. The summed E-state index contributed by atoms with van der Waals surface area (Å²) in [5, 5.41) is 7.04. The van der Waals surface area contributed by atoms with E-state index in [1.165, 1.54) is 11.3 Å². The van der Waals surface area contributed by atoms with Gasteiger partial charge < -0.3 is 5.32 Å². The zero-order valence-corrected chi connectivity index (χ0v) is 9.90. The fourth-order valence-corrected chi connectivity index (χ4v) is 2.29. The van der Waals surface area contributed by atoms with Crippen molar-refractivity contribution >= 4 is 17.2 Å². The molecular weight excluding hydrogens is 248 g/mol. The number of amides is 1. The van der Waals surface area contributed by atoms with E-state index in [9.17, 15) is 13.6 Å². The lowest BCUT2D eigenvalue weighted by molar-refractivity contribution is -0.123. The molecule has 1 aromatic rings. The van der Waals surface area contributed by atoms with Gasteiger partial charge in [0.1, 0.15) is 0 Å². The Balaban J connectivity index is 1.71. The van der Waals surface area contributed by atoms with Crippen LogP contribution in [0.1, 0.15) is 12.1 Å². The first-order chi connectivity index (χ1) is 8.07. The second kappa shape index (κ2) is 5.05. The van der Waals surface area contributed by atoms with Gasteiger partial charge in [0.05, 0.1) is 23.8 Å². The van der Waals surface area contributed by atoms with Gasteiger partial charge in [-0.1, -0.05) is 0 Å². The summed E-state index contributed by atoms with van der Waals surface area (Å²) < 4.78 is 25.7. The summed E-state index contributed by atoms with van der Waals surface area (Å²) in [5.74, 6) is -3.13. The van der Waals surface area contributed by atoms with Crippen molar-refractivity contribution in [2.45, 2.75) is 24.8 Å². The van der Waals surface area contributed by atoms with Crippen LogP contribution in [-0.4, -0.2) is 35.9 Å². The Morgan fingerprint density at radius 2 is 2.53 bits per heavy atom. The predicted molar refractivity (Wildman–Crippen MR) is 60.2 cm³/mol. The smallest absolute Gasteiger partial charge is 0.262 e. The number of thiazole rings is 1. The Morgan fingerprint density at radius 1 is 1.71 bits per heavy atom. The number of carbonyl (C=O) groups excluding carboxylic acids is 1. The lowest BCUT2D eigenvalue weighted by atomic mass is 10.2. The Kier molecular flexibility index (Phi) is 3.68. The van der Waals surface area contributed by atoms with Crippen molar-refractivity contribution < 1.29 is 13.6 Å². The molecule has 2 rings (SSSR count). The first-order valence-corrected chi connectivity index (χ1v) is 6.27. The maximum atomic E-state index is 12.8. The van der Waals surface area contributed by atoms with E-state index < -0.39 is 24.9 Å². The largest absolute Gasteiger partial charge is 0.354 e. The third-order valence-corrected chi connectivity index (χ3v) is 3.23. The van der Waals surface area contributed by atoms with Crippen molar-refractivity contribution in [1.29, 1.82) is 0 Å². The second-order valence-electron chi connectivity index (χ2n) is 4.01. The van der Waals surface area contributed by atoms with Crippen LogP contribution in [0.4, 0.5) is 8.78 Å². The zero-order valence-electron chi connectivity index (χ0n) is 9.08. The minimum Gasteiger partial charge on any atom is -0.354 e. The third-order valence-electron chi connectivity index (χ3n) is 2.59. The van der Waals surface area contributed by atoms with Gasteiger partial charge in [-0.05, 0) is 0 Å². The maximum Gasteiger partial charge on any atom is 0.262 e. The molecule has 0 radical (unpaired) electrons. The number of halogens is 2. The molecular formula is C10H13F2N3OS. The molecule has 1 amide bonds. The van der Waals surface area contributed by atoms with E-state index in [0.29, 0.717) is 13.0 Å². The SMILES string of the molecule is O=C(NCCc1cscn1)C1CC(F)(F)CN1. The van der Waals surface area contributed by atoms with Crippen LogP contribution in [0.3, 0.4) is 0 Å². The van der Waals surface area contributed by atoms with E-state index in [0.717, 1.165) is 5.69 Å². The van der Waals surface area contributed by atoms with Crippen molar-refractivity contribution in [2.24, 2.45) is 0 Å². The highest BCUT2D eigenvalue weighted by atomic mass is 32.1. The van der Waals surface area contributed by atoms with Crippen LogP contribution >= 0.6 is 11.3 Å². The summed E-state index contributed by atoms with van der Waals surface area (Å²) in [4.78, 5) is 15.6. The van der Waals surface area contributed by atoms with Crippen molar-refractivity contribution in [2.75, 3.05) is 13.1 Å². The molecule has 1 fully saturated rings. The highest BCUT2D eigenvalue weighted by Crippen LogP contribution is 2.24. The number of hydrogen-bond acceptors (Lipinski definition) is 4. The van der Waals surface area contributed by atoms with Crippen molar-refractivity contribution in [3.63, 3.8) is 0 Å². The van der Waals surface area contributed by atoms with E-state index in [1.807, 2.05) is 5.38 Å². The van der Waals surface area contributed by atoms with Crippen molar-refractivity contribution in [3.8, 4) is 0 Å². The van der Waals surface area contributed by atoms with Gasteiger partial charge in [0.15, 0.2) is 0 Å². The molecule has 1 saturated heterocycles. The number of rotatable bonds is 4. The van der Waals surface area contributed by atoms with E-state index in [1.54, 1.807) is 5.51 Å². The third kappa shape index (κ3) is 3.44. The average Bonchev–Trinajstić information content (AvgIpc) is 2.87. The lowest BCUT2D eigenvalue weighted by Gasteiger charge is -2.10. The number of carbonyl (C=O) groups is 1. The van der Waals surface area contributed by atoms with Gasteiger partial charge in [-0.15, -0.1) is 11.3 Å². The molecule has 2 N–H and O–H groups in total. The van der Waals surface area contributed by atoms with Gasteiger partial charge in [-0.25, -0.2) is 13.8 Å². The van der Waals surface area contributed by atoms with Gasteiger partial charge in [0.25, 0.3) is 5.92 Å². The summed E-state index contributed by atoms with van der Waals surface area (Å²) >= 11 is 1.49. The van der Waals surface area contributed by atoms with Crippen LogP contribution in [0.15, 0.2) is 10.9 Å². The molecule has 4 nitrogen and oxygen atoms in total. The molecule has 0 aromatic carbocycles. The summed E-state index contributed by atoms with van der Waals surface area (Å²) in [6.45, 7) is 0.00346. The minimum absolute atomic E-state index is 0.364. The fourth-order valence-electron chi connectivity index (χ4n) is 1.70. The van der Waals surface area contributed by atoms with E-state index in [-0.39, 0.29) is 5.91 Å². The average molecular weight is 261 g/mol. The van der Waals surface area contributed by atoms with Crippen LogP contribution in [0, 0.1) is 0 Å². The number of hydrogen-bond donors (Lipinski definition) is 2. The molecule has 0 saturated carbocycles. The Labute approximate surface area is 101 Å². The van der Waals surface area contributed by atoms with E-state index >= 15 is 0 Å². The van der Waals surface area contributed by atoms with Gasteiger partial charge in [-0.2, -0.15) is 0 Å². The number of nitrogens with one attached hydrogen (secondary N) is 2. The molecule has 1 aliphatic heterocycles. The minimum atomic E-state index is -2.77. The molecule has 1 aromatic heterocycles. The number of aromatic nitrogens is 1. The van der Waals surface area contributed by atoms with Crippen molar-refractivity contribution in [1.82, 2.24) is 15.6 Å². The molecule has 2 heterocycles.